The summed E-state index contributed by atoms with van der Waals surface area (Å²) in [7, 11) is 0. The standard InChI is InChI=1S/C11H16N4S/c1-3-15-8-13-6-11(15)5-12-4-10-7-16-9(2)14-10/h6-8,12H,3-5H2,1-2H3. The fraction of sp³-hybridized carbons (Fsp3) is 0.455. The maximum atomic E-state index is 4.41. The lowest BCUT2D eigenvalue weighted by atomic mass is 10.4. The lowest BCUT2D eigenvalue weighted by Crippen LogP contribution is -2.15. The molecule has 0 radical (unpaired) electrons. The Morgan fingerprint density at radius 2 is 2.31 bits per heavy atom. The number of imidazole rings is 1. The Hall–Kier alpha value is -1.20. The van der Waals surface area contributed by atoms with Crippen LogP contribution in [0.2, 0.25) is 0 Å². The van der Waals surface area contributed by atoms with Crippen LogP contribution in [-0.2, 0) is 19.6 Å². The molecule has 0 saturated heterocycles. The zero-order valence-corrected chi connectivity index (χ0v) is 10.4. The van der Waals surface area contributed by atoms with E-state index in [0.29, 0.717) is 0 Å². The molecule has 0 aliphatic rings. The lowest BCUT2D eigenvalue weighted by molar-refractivity contribution is 0.623. The van der Waals surface area contributed by atoms with Crippen LogP contribution in [-0.4, -0.2) is 14.5 Å². The van der Waals surface area contributed by atoms with E-state index in [1.807, 2.05) is 19.4 Å². The second-order valence-electron chi connectivity index (χ2n) is 3.63. The molecule has 0 amide bonds. The maximum absolute atomic E-state index is 4.41. The molecule has 0 aromatic carbocycles. The number of aromatic nitrogens is 3. The van der Waals surface area contributed by atoms with Gasteiger partial charge >= 0.3 is 0 Å². The highest BCUT2D eigenvalue weighted by Gasteiger charge is 2.01. The van der Waals surface area contributed by atoms with Crippen LogP contribution in [0.3, 0.4) is 0 Å². The SMILES string of the molecule is CCn1cncc1CNCc1csc(C)n1. The highest BCUT2D eigenvalue weighted by molar-refractivity contribution is 7.09. The molecule has 2 heterocycles. The molecule has 4 nitrogen and oxygen atoms in total. The van der Waals surface area contributed by atoms with Crippen molar-refractivity contribution in [1.82, 2.24) is 19.9 Å². The number of aryl methyl sites for hydroxylation is 2. The fourth-order valence-electron chi connectivity index (χ4n) is 1.59. The van der Waals surface area contributed by atoms with Gasteiger partial charge in [-0.25, -0.2) is 9.97 Å². The van der Waals surface area contributed by atoms with Crippen LogP contribution in [0.5, 0.6) is 0 Å². The van der Waals surface area contributed by atoms with Crippen LogP contribution in [0.1, 0.15) is 23.3 Å². The van der Waals surface area contributed by atoms with Crippen LogP contribution >= 0.6 is 11.3 Å². The van der Waals surface area contributed by atoms with E-state index in [4.69, 9.17) is 0 Å². The molecular weight excluding hydrogens is 220 g/mol. The van der Waals surface area contributed by atoms with E-state index in [9.17, 15) is 0 Å². The molecule has 0 aliphatic heterocycles. The van der Waals surface area contributed by atoms with Gasteiger partial charge in [-0.2, -0.15) is 0 Å². The summed E-state index contributed by atoms with van der Waals surface area (Å²) < 4.78 is 2.14. The molecule has 16 heavy (non-hydrogen) atoms. The summed E-state index contributed by atoms with van der Waals surface area (Å²) >= 11 is 1.69. The van der Waals surface area contributed by atoms with Gasteiger partial charge in [0, 0.05) is 31.2 Å². The maximum Gasteiger partial charge on any atom is 0.0948 e. The lowest BCUT2D eigenvalue weighted by Gasteiger charge is -2.05. The first-order chi connectivity index (χ1) is 7.79. The number of nitrogens with zero attached hydrogens (tertiary/aromatic N) is 3. The van der Waals surface area contributed by atoms with Gasteiger partial charge in [-0.05, 0) is 13.8 Å². The number of thiazole rings is 1. The van der Waals surface area contributed by atoms with Crippen molar-refractivity contribution < 1.29 is 0 Å². The minimum absolute atomic E-state index is 0.819. The van der Waals surface area contributed by atoms with E-state index >= 15 is 0 Å². The van der Waals surface area contributed by atoms with Gasteiger partial charge < -0.3 is 9.88 Å². The Bertz CT molecular complexity index is 446. The van der Waals surface area contributed by atoms with Gasteiger partial charge in [-0.15, -0.1) is 11.3 Å². The van der Waals surface area contributed by atoms with E-state index in [0.717, 1.165) is 30.3 Å². The third kappa shape index (κ3) is 2.68. The van der Waals surface area contributed by atoms with Crippen molar-refractivity contribution in [3.05, 3.63) is 34.3 Å². The second-order valence-corrected chi connectivity index (χ2v) is 4.69. The zero-order valence-electron chi connectivity index (χ0n) is 9.60. The Balaban J connectivity index is 1.84. The molecule has 2 rings (SSSR count). The van der Waals surface area contributed by atoms with Crippen LogP contribution < -0.4 is 5.32 Å². The van der Waals surface area contributed by atoms with E-state index in [2.05, 4.69) is 32.2 Å². The molecule has 0 bridgehead atoms. The predicted molar refractivity (Wildman–Crippen MR) is 65.3 cm³/mol. The van der Waals surface area contributed by atoms with Gasteiger partial charge in [0.2, 0.25) is 0 Å². The van der Waals surface area contributed by atoms with Crippen molar-refractivity contribution in [2.24, 2.45) is 0 Å². The average Bonchev–Trinajstić information content (AvgIpc) is 2.87. The Kier molecular flexibility index (Phi) is 3.69. The molecule has 2 aromatic rings. The quantitative estimate of drug-likeness (QED) is 0.863. The predicted octanol–water partition coefficient (Wildman–Crippen LogP) is 1.96. The number of hydrogen-bond donors (Lipinski definition) is 1. The summed E-state index contributed by atoms with van der Waals surface area (Å²) in [5.74, 6) is 0. The van der Waals surface area contributed by atoms with Crippen LogP contribution in [0.15, 0.2) is 17.9 Å². The molecule has 0 fully saturated rings. The zero-order chi connectivity index (χ0) is 11.4. The first-order valence-electron chi connectivity index (χ1n) is 5.40. The molecule has 0 atom stereocenters. The first kappa shape index (κ1) is 11.3. The van der Waals surface area contributed by atoms with Crippen LogP contribution in [0.25, 0.3) is 0 Å². The van der Waals surface area contributed by atoms with Gasteiger partial charge in [-0.1, -0.05) is 0 Å². The highest BCUT2D eigenvalue weighted by Crippen LogP contribution is 2.07. The van der Waals surface area contributed by atoms with Gasteiger partial charge in [0.1, 0.15) is 0 Å². The molecular formula is C11H16N4S. The Morgan fingerprint density at radius 3 is 3.00 bits per heavy atom. The molecule has 5 heteroatoms. The topological polar surface area (TPSA) is 42.7 Å². The molecule has 2 aromatic heterocycles. The van der Waals surface area contributed by atoms with Crippen molar-refractivity contribution >= 4 is 11.3 Å². The number of rotatable bonds is 5. The van der Waals surface area contributed by atoms with Gasteiger partial charge in [0.15, 0.2) is 0 Å². The smallest absolute Gasteiger partial charge is 0.0948 e. The van der Waals surface area contributed by atoms with E-state index < -0.39 is 0 Å². The molecule has 86 valence electrons. The summed E-state index contributed by atoms with van der Waals surface area (Å²) in [6, 6.07) is 0. The van der Waals surface area contributed by atoms with Crippen molar-refractivity contribution in [3.63, 3.8) is 0 Å². The third-order valence-corrected chi connectivity index (χ3v) is 3.24. The molecule has 1 N–H and O–H groups in total. The monoisotopic (exact) mass is 236 g/mol. The molecule has 0 saturated carbocycles. The first-order valence-corrected chi connectivity index (χ1v) is 6.28. The Morgan fingerprint density at radius 1 is 1.44 bits per heavy atom. The molecule has 0 aliphatic carbocycles. The Labute approximate surface area is 99.4 Å². The summed E-state index contributed by atoms with van der Waals surface area (Å²) in [5, 5.41) is 6.59. The summed E-state index contributed by atoms with van der Waals surface area (Å²) in [6.07, 6.45) is 3.77. The minimum Gasteiger partial charge on any atom is -0.334 e. The largest absolute Gasteiger partial charge is 0.334 e. The van der Waals surface area contributed by atoms with Gasteiger partial charge in [0.05, 0.1) is 22.7 Å². The highest BCUT2D eigenvalue weighted by atomic mass is 32.1. The van der Waals surface area contributed by atoms with E-state index in [-0.39, 0.29) is 0 Å². The summed E-state index contributed by atoms with van der Waals surface area (Å²) in [6.45, 7) is 6.77. The summed E-state index contributed by atoms with van der Waals surface area (Å²) in [4.78, 5) is 8.54. The van der Waals surface area contributed by atoms with Crippen LogP contribution in [0.4, 0.5) is 0 Å². The number of hydrogen-bond acceptors (Lipinski definition) is 4. The second kappa shape index (κ2) is 5.23. The van der Waals surface area contributed by atoms with Gasteiger partial charge in [-0.3, -0.25) is 0 Å². The minimum atomic E-state index is 0.819. The third-order valence-electron chi connectivity index (χ3n) is 2.42. The normalized spacial score (nSPS) is 10.9. The van der Waals surface area contributed by atoms with Crippen LogP contribution in [0, 0.1) is 6.92 Å². The van der Waals surface area contributed by atoms with Gasteiger partial charge in [0.25, 0.3) is 0 Å². The number of nitrogens with one attached hydrogen (secondary N) is 1. The molecule has 0 spiro atoms. The molecule has 0 unspecified atom stereocenters. The fourth-order valence-corrected chi connectivity index (χ4v) is 2.20. The van der Waals surface area contributed by atoms with E-state index in [1.54, 1.807) is 11.3 Å². The summed E-state index contributed by atoms with van der Waals surface area (Å²) in [5.41, 5.74) is 2.33. The van der Waals surface area contributed by atoms with Crippen molar-refractivity contribution in [2.45, 2.75) is 33.5 Å². The van der Waals surface area contributed by atoms with E-state index in [1.165, 1.54) is 5.69 Å². The van der Waals surface area contributed by atoms with Crippen molar-refractivity contribution in [1.29, 1.82) is 0 Å². The van der Waals surface area contributed by atoms with Crippen molar-refractivity contribution in [2.75, 3.05) is 0 Å². The average molecular weight is 236 g/mol. The van der Waals surface area contributed by atoms with Crippen molar-refractivity contribution in [3.8, 4) is 0 Å².